The zero-order valence-corrected chi connectivity index (χ0v) is 22.4. The highest BCUT2D eigenvalue weighted by Gasteiger charge is 2.32. The summed E-state index contributed by atoms with van der Waals surface area (Å²) in [6.07, 6.45) is 3.44. The van der Waals surface area contributed by atoms with Crippen LogP contribution in [-0.2, 0) is 6.42 Å². The fourth-order valence-electron chi connectivity index (χ4n) is 5.32. The number of furan rings is 1. The molecule has 2 aromatic heterocycles. The number of allylic oxidation sites excluding steroid dienone is 1. The van der Waals surface area contributed by atoms with E-state index in [-0.39, 0.29) is 17.4 Å². The number of hydrogen-bond donors (Lipinski definition) is 0. The van der Waals surface area contributed by atoms with Crippen molar-refractivity contribution in [3.05, 3.63) is 143 Å². The zero-order chi connectivity index (χ0) is 25.8. The van der Waals surface area contributed by atoms with Crippen molar-refractivity contribution in [1.82, 2.24) is 4.57 Å². The zero-order valence-electron chi connectivity index (χ0n) is 20.0. The second-order valence-corrected chi connectivity index (χ2v) is 11.3. The number of rotatable bonds is 3. The summed E-state index contributed by atoms with van der Waals surface area (Å²) in [4.78, 5) is 19.5. The molecule has 0 saturated heterocycles. The van der Waals surface area contributed by atoms with Gasteiger partial charge in [-0.3, -0.25) is 9.36 Å². The molecule has 0 bridgehead atoms. The van der Waals surface area contributed by atoms with E-state index in [2.05, 4.69) is 28.1 Å². The molecular formula is C31H20BrFN2O2S. The van der Waals surface area contributed by atoms with Gasteiger partial charge in [0, 0.05) is 21.7 Å². The summed E-state index contributed by atoms with van der Waals surface area (Å²) in [7, 11) is 0. The monoisotopic (exact) mass is 582 g/mol. The summed E-state index contributed by atoms with van der Waals surface area (Å²) in [6.45, 7) is 0. The van der Waals surface area contributed by atoms with Crippen LogP contribution in [0.15, 0.2) is 109 Å². The van der Waals surface area contributed by atoms with Crippen LogP contribution in [0.3, 0.4) is 0 Å². The minimum Gasteiger partial charge on any atom is -0.457 e. The Morgan fingerprint density at radius 1 is 1.00 bits per heavy atom. The number of thiazole rings is 1. The van der Waals surface area contributed by atoms with E-state index in [1.807, 2.05) is 48.5 Å². The van der Waals surface area contributed by atoms with E-state index >= 15 is 0 Å². The molecule has 3 heterocycles. The standard InChI is InChI=1S/C31H20BrFN2O2S/c32-21-6-3-5-20(16-21)26-15-13-23(37-26)17-27-30(36)35-29(19-8-11-22(33)12-9-19)25-14-10-18-4-1-2-7-24(18)28(25)34-31(35)38-27/h1-9,11-13,15-17,29H,10,14H2/b27-17+/t29-/m0/s1. The normalized spacial score (nSPS) is 16.6. The first-order valence-corrected chi connectivity index (χ1v) is 13.9. The van der Waals surface area contributed by atoms with Crippen molar-refractivity contribution in [3.8, 4) is 11.3 Å². The highest BCUT2D eigenvalue weighted by atomic mass is 79.9. The van der Waals surface area contributed by atoms with Crippen molar-refractivity contribution in [2.75, 3.05) is 0 Å². The first-order valence-electron chi connectivity index (χ1n) is 12.3. The lowest BCUT2D eigenvalue weighted by Crippen LogP contribution is -2.38. The fraction of sp³-hybridized carbons (Fsp3) is 0.0968. The third-order valence-corrected chi connectivity index (χ3v) is 8.54. The summed E-state index contributed by atoms with van der Waals surface area (Å²) in [5, 5.41) is 0. The lowest BCUT2D eigenvalue weighted by Gasteiger charge is -2.30. The van der Waals surface area contributed by atoms with Gasteiger partial charge < -0.3 is 4.42 Å². The largest absolute Gasteiger partial charge is 0.457 e. The van der Waals surface area contributed by atoms with E-state index in [1.165, 1.54) is 29.0 Å². The topological polar surface area (TPSA) is 47.5 Å². The predicted octanol–water partition coefficient (Wildman–Crippen LogP) is 6.48. The SMILES string of the molecule is O=c1/c(=C\c2ccc(-c3cccc(Br)c3)o2)sc2n1[C@@H](c1ccc(F)cc1)C1=C(N=2)c2ccccc2CC1. The quantitative estimate of drug-likeness (QED) is 0.244. The van der Waals surface area contributed by atoms with Gasteiger partial charge >= 0.3 is 0 Å². The molecule has 0 spiro atoms. The molecule has 0 fully saturated rings. The van der Waals surface area contributed by atoms with E-state index in [4.69, 9.17) is 9.41 Å². The average Bonchev–Trinajstić information content (AvgIpc) is 3.52. The van der Waals surface area contributed by atoms with Gasteiger partial charge in [0.2, 0.25) is 0 Å². The fourth-order valence-corrected chi connectivity index (χ4v) is 6.70. The van der Waals surface area contributed by atoms with Crippen LogP contribution in [0.25, 0.3) is 23.1 Å². The van der Waals surface area contributed by atoms with Crippen LogP contribution >= 0.6 is 27.3 Å². The molecule has 0 amide bonds. The van der Waals surface area contributed by atoms with Crippen LogP contribution in [-0.4, -0.2) is 4.57 Å². The Morgan fingerprint density at radius 2 is 1.84 bits per heavy atom. The molecule has 0 radical (unpaired) electrons. The number of aryl methyl sites for hydroxylation is 1. The van der Waals surface area contributed by atoms with Crippen molar-refractivity contribution < 1.29 is 8.81 Å². The number of fused-ring (bicyclic) bond motifs is 3. The first kappa shape index (κ1) is 23.3. The first-order chi connectivity index (χ1) is 18.5. The lowest BCUT2D eigenvalue weighted by molar-refractivity contribution is 0.570. The van der Waals surface area contributed by atoms with Crippen molar-refractivity contribution in [3.63, 3.8) is 0 Å². The molecule has 3 aromatic carbocycles. The minimum absolute atomic E-state index is 0.131. The lowest BCUT2D eigenvalue weighted by atomic mass is 9.83. The van der Waals surface area contributed by atoms with E-state index < -0.39 is 0 Å². The van der Waals surface area contributed by atoms with E-state index in [0.29, 0.717) is 15.1 Å². The van der Waals surface area contributed by atoms with Crippen molar-refractivity contribution in [1.29, 1.82) is 0 Å². The summed E-state index contributed by atoms with van der Waals surface area (Å²) in [5.41, 5.74) is 6.05. The number of hydrogen-bond acceptors (Lipinski definition) is 4. The van der Waals surface area contributed by atoms with Crippen LogP contribution in [0.1, 0.15) is 34.9 Å². The molecule has 0 N–H and O–H groups in total. The molecule has 0 unspecified atom stereocenters. The van der Waals surface area contributed by atoms with Crippen LogP contribution in [0.4, 0.5) is 4.39 Å². The van der Waals surface area contributed by atoms with Gasteiger partial charge in [0.05, 0.1) is 16.3 Å². The Labute approximate surface area is 229 Å². The second kappa shape index (κ2) is 9.19. The molecule has 7 rings (SSSR count). The summed E-state index contributed by atoms with van der Waals surface area (Å²) < 4.78 is 23.2. The molecule has 4 nitrogen and oxygen atoms in total. The molecule has 1 aliphatic carbocycles. The van der Waals surface area contributed by atoms with Gasteiger partial charge in [-0.1, -0.05) is 75.8 Å². The van der Waals surface area contributed by atoms with Crippen LogP contribution in [0.5, 0.6) is 0 Å². The Kier molecular flexibility index (Phi) is 5.64. The van der Waals surface area contributed by atoms with Crippen LogP contribution < -0.4 is 14.9 Å². The minimum atomic E-state index is -0.341. The van der Waals surface area contributed by atoms with E-state index in [9.17, 15) is 9.18 Å². The number of aromatic nitrogens is 1. The van der Waals surface area contributed by atoms with Gasteiger partial charge in [-0.15, -0.1) is 0 Å². The van der Waals surface area contributed by atoms with Crippen LogP contribution in [0.2, 0.25) is 0 Å². The van der Waals surface area contributed by atoms with Crippen LogP contribution in [0, 0.1) is 5.82 Å². The molecule has 1 atom stereocenters. The summed E-state index contributed by atoms with van der Waals surface area (Å²) >= 11 is 4.85. The molecular weight excluding hydrogens is 563 g/mol. The van der Waals surface area contributed by atoms with Crippen molar-refractivity contribution in [2.24, 2.45) is 4.99 Å². The number of halogens is 2. The predicted molar refractivity (Wildman–Crippen MR) is 151 cm³/mol. The molecule has 7 heteroatoms. The smallest absolute Gasteiger partial charge is 0.271 e. The number of benzene rings is 3. The maximum atomic E-state index is 13.8. The Bertz CT molecular complexity index is 1930. The van der Waals surface area contributed by atoms with Gasteiger partial charge in [-0.25, -0.2) is 9.38 Å². The highest BCUT2D eigenvalue weighted by Crippen LogP contribution is 2.41. The average molecular weight is 583 g/mol. The Hall–Kier alpha value is -3.81. The summed E-state index contributed by atoms with van der Waals surface area (Å²) in [5.74, 6) is 1.02. The van der Waals surface area contributed by atoms with Gasteiger partial charge in [0.15, 0.2) is 4.80 Å². The molecule has 38 heavy (non-hydrogen) atoms. The maximum Gasteiger partial charge on any atom is 0.271 e. The molecule has 2 aliphatic rings. The van der Waals surface area contributed by atoms with Gasteiger partial charge in [0.25, 0.3) is 5.56 Å². The van der Waals surface area contributed by atoms with Gasteiger partial charge in [-0.05, 0) is 65.9 Å². The van der Waals surface area contributed by atoms with Crippen molar-refractivity contribution >= 4 is 39.0 Å². The second-order valence-electron chi connectivity index (χ2n) is 9.38. The summed E-state index contributed by atoms with van der Waals surface area (Å²) in [6, 6.07) is 26.1. The molecule has 1 aliphatic heterocycles. The Morgan fingerprint density at radius 3 is 2.68 bits per heavy atom. The van der Waals surface area contributed by atoms with Gasteiger partial charge in [-0.2, -0.15) is 0 Å². The number of nitrogens with zero attached hydrogens (tertiary/aromatic N) is 2. The Balaban J connectivity index is 1.40. The van der Waals surface area contributed by atoms with E-state index in [0.717, 1.165) is 51.0 Å². The third-order valence-electron chi connectivity index (χ3n) is 7.07. The van der Waals surface area contributed by atoms with Gasteiger partial charge in [0.1, 0.15) is 17.3 Å². The van der Waals surface area contributed by atoms with Crippen molar-refractivity contribution in [2.45, 2.75) is 18.9 Å². The molecule has 0 saturated carbocycles. The molecule has 5 aromatic rings. The third kappa shape index (κ3) is 3.94. The molecule has 186 valence electrons. The van der Waals surface area contributed by atoms with E-state index in [1.54, 1.807) is 22.8 Å². The maximum absolute atomic E-state index is 13.8. The highest BCUT2D eigenvalue weighted by molar-refractivity contribution is 9.10.